The van der Waals surface area contributed by atoms with E-state index in [0.29, 0.717) is 22.7 Å². The van der Waals surface area contributed by atoms with Gasteiger partial charge in [-0.2, -0.15) is 0 Å². The largest absolute Gasteiger partial charge is 0.484 e. The maximum atomic E-state index is 11.8. The molecule has 3 nitrogen and oxygen atoms in total. The molecule has 0 unspecified atom stereocenters. The number of rotatable bonds is 4. The molecule has 1 aromatic rings. The quantitative estimate of drug-likeness (QED) is 0.918. The number of benzene rings is 1. The van der Waals surface area contributed by atoms with Gasteiger partial charge in [0.2, 0.25) is 0 Å². The van der Waals surface area contributed by atoms with E-state index in [-0.39, 0.29) is 12.5 Å². The number of halogens is 1. The minimum Gasteiger partial charge on any atom is -0.484 e. The second kappa shape index (κ2) is 6.80. The number of hydrogen-bond acceptors (Lipinski definition) is 2. The zero-order valence-corrected chi connectivity index (χ0v) is 12.0. The molecule has 104 valence electrons. The molecule has 0 bridgehead atoms. The van der Waals surface area contributed by atoms with Gasteiger partial charge in [0, 0.05) is 11.1 Å². The van der Waals surface area contributed by atoms with E-state index in [9.17, 15) is 4.79 Å². The molecule has 1 amide bonds. The van der Waals surface area contributed by atoms with Crippen molar-refractivity contribution in [3.8, 4) is 5.75 Å². The van der Waals surface area contributed by atoms with Gasteiger partial charge in [0.1, 0.15) is 5.75 Å². The molecule has 19 heavy (non-hydrogen) atoms. The lowest BCUT2D eigenvalue weighted by Crippen LogP contribution is -2.43. The molecule has 4 heteroatoms. The van der Waals surface area contributed by atoms with Gasteiger partial charge in [-0.3, -0.25) is 4.79 Å². The molecule has 1 saturated carbocycles. The molecule has 1 fully saturated rings. The number of ether oxygens (including phenoxy) is 1. The third-order valence-corrected chi connectivity index (χ3v) is 3.86. The lowest BCUT2D eigenvalue weighted by atomic mass is 9.86. The third-order valence-electron chi connectivity index (χ3n) is 3.62. The number of hydrogen-bond donors (Lipinski definition) is 1. The Kier molecular flexibility index (Phi) is 5.08. The van der Waals surface area contributed by atoms with E-state index in [0.717, 1.165) is 6.42 Å². The second-order valence-electron chi connectivity index (χ2n) is 5.18. The first-order chi connectivity index (χ1) is 9.15. The Hall–Kier alpha value is -1.22. The smallest absolute Gasteiger partial charge is 0.258 e. The monoisotopic (exact) mass is 281 g/mol. The summed E-state index contributed by atoms with van der Waals surface area (Å²) in [6.07, 6.45) is 4.74. The highest BCUT2D eigenvalue weighted by atomic mass is 35.5. The minimum absolute atomic E-state index is 0.0452. The molecular weight excluding hydrogens is 262 g/mol. The zero-order chi connectivity index (χ0) is 13.7. The summed E-state index contributed by atoms with van der Waals surface area (Å²) in [5, 5.41) is 3.67. The fourth-order valence-corrected chi connectivity index (χ4v) is 2.67. The summed E-state index contributed by atoms with van der Waals surface area (Å²) < 4.78 is 5.43. The highest BCUT2D eigenvalue weighted by Gasteiger charge is 2.22. The summed E-state index contributed by atoms with van der Waals surface area (Å²) in [7, 11) is 0. The summed E-state index contributed by atoms with van der Waals surface area (Å²) >= 11 is 5.85. The first kappa shape index (κ1) is 14.2. The van der Waals surface area contributed by atoms with Crippen molar-refractivity contribution in [2.75, 3.05) is 6.61 Å². The van der Waals surface area contributed by atoms with E-state index in [4.69, 9.17) is 16.3 Å². The summed E-state index contributed by atoms with van der Waals surface area (Å²) in [6, 6.07) is 7.38. The Balaban J connectivity index is 1.78. The van der Waals surface area contributed by atoms with E-state index < -0.39 is 0 Å². The van der Waals surface area contributed by atoms with Crippen molar-refractivity contribution in [2.24, 2.45) is 5.92 Å². The highest BCUT2D eigenvalue weighted by Crippen LogP contribution is 2.23. The lowest BCUT2D eigenvalue weighted by molar-refractivity contribution is -0.124. The van der Waals surface area contributed by atoms with Crippen LogP contribution in [0.15, 0.2) is 24.3 Å². The molecule has 1 aliphatic carbocycles. The van der Waals surface area contributed by atoms with Crippen LogP contribution in [0.2, 0.25) is 5.02 Å². The van der Waals surface area contributed by atoms with Crippen LogP contribution in [0.3, 0.4) is 0 Å². The first-order valence-corrected chi connectivity index (χ1v) is 7.20. The van der Waals surface area contributed by atoms with Gasteiger partial charge in [-0.25, -0.2) is 0 Å². The van der Waals surface area contributed by atoms with Crippen LogP contribution in [0.1, 0.15) is 32.6 Å². The standard InChI is InChI=1S/C15H20ClNO2/c1-11-5-2-3-8-14(11)17-15(18)10-19-13-7-4-6-12(16)9-13/h4,6-7,9,11,14H,2-3,5,8,10H2,1H3,(H,17,18)/t11-,14-/m1/s1. The van der Waals surface area contributed by atoms with Gasteiger partial charge in [0.15, 0.2) is 6.61 Å². The number of carbonyl (C=O) groups is 1. The maximum absolute atomic E-state index is 11.8. The Morgan fingerprint density at radius 3 is 2.95 bits per heavy atom. The van der Waals surface area contributed by atoms with Crippen molar-refractivity contribution >= 4 is 17.5 Å². The van der Waals surface area contributed by atoms with Gasteiger partial charge in [0.05, 0.1) is 0 Å². The molecule has 1 aromatic carbocycles. The van der Waals surface area contributed by atoms with Crippen LogP contribution in [0.4, 0.5) is 0 Å². The van der Waals surface area contributed by atoms with Gasteiger partial charge in [-0.15, -0.1) is 0 Å². The molecule has 0 spiro atoms. The normalized spacial score (nSPS) is 22.8. The number of amides is 1. The summed E-state index contributed by atoms with van der Waals surface area (Å²) in [5.74, 6) is 1.13. The van der Waals surface area contributed by atoms with Crippen LogP contribution >= 0.6 is 11.6 Å². The van der Waals surface area contributed by atoms with Crippen LogP contribution in [-0.2, 0) is 4.79 Å². The van der Waals surface area contributed by atoms with Crippen molar-refractivity contribution in [3.63, 3.8) is 0 Å². The highest BCUT2D eigenvalue weighted by molar-refractivity contribution is 6.30. The molecular formula is C15H20ClNO2. The summed E-state index contributed by atoms with van der Waals surface area (Å²) in [4.78, 5) is 11.8. The van der Waals surface area contributed by atoms with E-state index in [1.54, 1.807) is 24.3 Å². The van der Waals surface area contributed by atoms with Crippen LogP contribution in [-0.4, -0.2) is 18.6 Å². The Morgan fingerprint density at radius 1 is 1.42 bits per heavy atom. The zero-order valence-electron chi connectivity index (χ0n) is 11.2. The van der Waals surface area contributed by atoms with Gasteiger partial charge < -0.3 is 10.1 Å². The summed E-state index contributed by atoms with van der Waals surface area (Å²) in [6.45, 7) is 2.24. The van der Waals surface area contributed by atoms with Crippen LogP contribution in [0, 0.1) is 5.92 Å². The molecule has 2 rings (SSSR count). The predicted molar refractivity (Wildman–Crippen MR) is 76.5 cm³/mol. The van der Waals surface area contributed by atoms with E-state index in [2.05, 4.69) is 12.2 Å². The average Bonchev–Trinajstić information content (AvgIpc) is 2.39. The van der Waals surface area contributed by atoms with Gasteiger partial charge in [-0.1, -0.05) is 37.4 Å². The second-order valence-corrected chi connectivity index (χ2v) is 5.62. The van der Waals surface area contributed by atoms with Crippen molar-refractivity contribution < 1.29 is 9.53 Å². The first-order valence-electron chi connectivity index (χ1n) is 6.83. The Labute approximate surface area is 119 Å². The van der Waals surface area contributed by atoms with Gasteiger partial charge in [-0.05, 0) is 37.0 Å². The van der Waals surface area contributed by atoms with Crippen molar-refractivity contribution in [1.82, 2.24) is 5.32 Å². The average molecular weight is 282 g/mol. The Morgan fingerprint density at radius 2 is 2.21 bits per heavy atom. The molecule has 0 radical (unpaired) electrons. The van der Waals surface area contributed by atoms with E-state index >= 15 is 0 Å². The van der Waals surface area contributed by atoms with Crippen LogP contribution < -0.4 is 10.1 Å². The summed E-state index contributed by atoms with van der Waals surface area (Å²) in [5.41, 5.74) is 0. The van der Waals surface area contributed by atoms with E-state index in [1.165, 1.54) is 19.3 Å². The fraction of sp³-hybridized carbons (Fsp3) is 0.533. The van der Waals surface area contributed by atoms with Crippen molar-refractivity contribution in [3.05, 3.63) is 29.3 Å². The lowest BCUT2D eigenvalue weighted by Gasteiger charge is -2.29. The van der Waals surface area contributed by atoms with Gasteiger partial charge in [0.25, 0.3) is 5.91 Å². The van der Waals surface area contributed by atoms with Crippen molar-refractivity contribution in [2.45, 2.75) is 38.6 Å². The van der Waals surface area contributed by atoms with Crippen LogP contribution in [0.25, 0.3) is 0 Å². The Bertz CT molecular complexity index is 436. The number of nitrogens with one attached hydrogen (secondary N) is 1. The fourth-order valence-electron chi connectivity index (χ4n) is 2.48. The molecule has 0 heterocycles. The van der Waals surface area contributed by atoms with Crippen LogP contribution in [0.5, 0.6) is 5.75 Å². The topological polar surface area (TPSA) is 38.3 Å². The molecule has 2 atom stereocenters. The van der Waals surface area contributed by atoms with Crippen molar-refractivity contribution in [1.29, 1.82) is 0 Å². The maximum Gasteiger partial charge on any atom is 0.258 e. The third kappa shape index (κ3) is 4.43. The molecule has 0 saturated heterocycles. The van der Waals surface area contributed by atoms with Gasteiger partial charge >= 0.3 is 0 Å². The SMILES string of the molecule is C[C@@H]1CCCC[C@H]1NC(=O)COc1cccc(Cl)c1. The molecule has 1 aliphatic rings. The molecule has 0 aliphatic heterocycles. The molecule has 0 aromatic heterocycles. The predicted octanol–water partition coefficient (Wildman–Crippen LogP) is 3.41. The minimum atomic E-state index is -0.0567. The number of carbonyl (C=O) groups excluding carboxylic acids is 1. The molecule has 1 N–H and O–H groups in total. The van der Waals surface area contributed by atoms with E-state index in [1.807, 2.05) is 0 Å².